The van der Waals surface area contributed by atoms with Crippen molar-refractivity contribution < 1.29 is 9.59 Å². The van der Waals surface area contributed by atoms with Crippen molar-refractivity contribution >= 4 is 17.5 Å². The van der Waals surface area contributed by atoms with Gasteiger partial charge in [0.2, 0.25) is 0 Å². The van der Waals surface area contributed by atoms with Gasteiger partial charge in [-0.1, -0.05) is 32.0 Å². The summed E-state index contributed by atoms with van der Waals surface area (Å²) < 4.78 is 0. The van der Waals surface area contributed by atoms with Gasteiger partial charge in [0.25, 0.3) is 11.8 Å². The van der Waals surface area contributed by atoms with Crippen LogP contribution in [0.2, 0.25) is 0 Å². The van der Waals surface area contributed by atoms with E-state index in [0.29, 0.717) is 12.5 Å². The van der Waals surface area contributed by atoms with Gasteiger partial charge < -0.3 is 15.1 Å². The van der Waals surface area contributed by atoms with E-state index in [1.165, 1.54) is 0 Å². The average Bonchev–Trinajstić information content (AvgIpc) is 3.32. The molecule has 28 heavy (non-hydrogen) atoms. The molecule has 0 radical (unpaired) electrons. The van der Waals surface area contributed by atoms with Gasteiger partial charge in [0, 0.05) is 42.0 Å². The summed E-state index contributed by atoms with van der Waals surface area (Å²) in [5, 5.41) is 3.50. The van der Waals surface area contributed by atoms with Crippen LogP contribution in [0.5, 0.6) is 0 Å². The fraction of sp³-hybridized carbons (Fsp3) is 0.391. The van der Waals surface area contributed by atoms with Gasteiger partial charge in [0.1, 0.15) is 6.17 Å². The first-order valence-electron chi connectivity index (χ1n) is 10.1. The molecule has 1 N–H and O–H groups in total. The van der Waals surface area contributed by atoms with Crippen molar-refractivity contribution in [3.63, 3.8) is 0 Å². The maximum Gasteiger partial charge on any atom is 0.256 e. The molecule has 0 spiro atoms. The lowest BCUT2D eigenvalue weighted by atomic mass is 10.1. The van der Waals surface area contributed by atoms with Crippen LogP contribution in [-0.4, -0.2) is 41.2 Å². The van der Waals surface area contributed by atoms with Gasteiger partial charge in [0.05, 0.1) is 0 Å². The monoisotopic (exact) mass is 377 g/mol. The SMILES string of the molecule is CC(C)CN1C(=O)c2ccccc2C1Nc1ccc(C(=O)N2CCCC2)cc1. The maximum atomic E-state index is 12.9. The number of carbonyl (C=O) groups is 2. The van der Waals surface area contributed by atoms with Crippen molar-refractivity contribution in [3.8, 4) is 0 Å². The molecule has 0 saturated carbocycles. The summed E-state index contributed by atoms with van der Waals surface area (Å²) in [7, 11) is 0. The number of hydrogen-bond donors (Lipinski definition) is 1. The number of amides is 2. The van der Waals surface area contributed by atoms with Gasteiger partial charge in [0.15, 0.2) is 0 Å². The summed E-state index contributed by atoms with van der Waals surface area (Å²) in [5.74, 6) is 0.553. The van der Waals surface area contributed by atoms with Crippen LogP contribution < -0.4 is 5.32 Å². The lowest BCUT2D eigenvalue weighted by molar-refractivity contribution is 0.0720. The van der Waals surface area contributed by atoms with Gasteiger partial charge >= 0.3 is 0 Å². The summed E-state index contributed by atoms with van der Waals surface area (Å²) in [6.07, 6.45) is 1.99. The van der Waals surface area contributed by atoms with Crippen LogP contribution in [-0.2, 0) is 0 Å². The largest absolute Gasteiger partial charge is 0.361 e. The molecule has 2 aromatic rings. The second-order valence-corrected chi connectivity index (χ2v) is 8.06. The van der Waals surface area contributed by atoms with E-state index in [9.17, 15) is 9.59 Å². The Morgan fingerprint density at radius 3 is 2.43 bits per heavy atom. The lowest BCUT2D eigenvalue weighted by Crippen LogP contribution is -2.35. The van der Waals surface area contributed by atoms with Crippen molar-refractivity contribution in [3.05, 3.63) is 65.2 Å². The minimum absolute atomic E-state index is 0.0719. The number of fused-ring (bicyclic) bond motifs is 1. The molecule has 0 bridgehead atoms. The summed E-state index contributed by atoms with van der Waals surface area (Å²) in [4.78, 5) is 29.2. The molecule has 5 heteroatoms. The summed E-state index contributed by atoms with van der Waals surface area (Å²) >= 11 is 0. The first-order chi connectivity index (χ1) is 13.5. The third kappa shape index (κ3) is 3.49. The third-order valence-corrected chi connectivity index (χ3v) is 5.45. The summed E-state index contributed by atoms with van der Waals surface area (Å²) in [5.41, 5.74) is 3.39. The standard InChI is InChI=1S/C23H27N3O2/c1-16(2)15-26-21(19-7-3-4-8-20(19)23(26)28)24-18-11-9-17(10-12-18)22(27)25-13-5-6-14-25/h3-4,7-12,16,21,24H,5-6,13-15H2,1-2H3. The zero-order valence-electron chi connectivity index (χ0n) is 16.5. The Balaban J connectivity index is 1.54. The highest BCUT2D eigenvalue weighted by Crippen LogP contribution is 2.35. The molecule has 1 atom stereocenters. The van der Waals surface area contributed by atoms with Crippen molar-refractivity contribution in [2.75, 3.05) is 25.0 Å². The van der Waals surface area contributed by atoms with Crippen molar-refractivity contribution in [1.82, 2.24) is 9.80 Å². The number of anilines is 1. The van der Waals surface area contributed by atoms with E-state index in [2.05, 4.69) is 19.2 Å². The number of nitrogens with one attached hydrogen (secondary N) is 1. The molecule has 0 aliphatic carbocycles. The molecular formula is C23H27N3O2. The third-order valence-electron chi connectivity index (χ3n) is 5.45. The zero-order chi connectivity index (χ0) is 19.7. The van der Waals surface area contributed by atoms with Crippen LogP contribution in [0.1, 0.15) is 59.1 Å². The Labute approximate surface area is 166 Å². The number of nitrogens with zero attached hydrogens (tertiary/aromatic N) is 2. The van der Waals surface area contributed by atoms with Gasteiger partial charge in [-0.15, -0.1) is 0 Å². The zero-order valence-corrected chi connectivity index (χ0v) is 16.5. The summed E-state index contributed by atoms with van der Waals surface area (Å²) in [6.45, 7) is 6.63. The van der Waals surface area contributed by atoms with Gasteiger partial charge in [-0.2, -0.15) is 0 Å². The van der Waals surface area contributed by atoms with Crippen LogP contribution >= 0.6 is 0 Å². The molecule has 2 amide bonds. The number of rotatable bonds is 5. The molecule has 5 nitrogen and oxygen atoms in total. The fourth-order valence-corrected chi connectivity index (χ4v) is 4.08. The number of likely N-dealkylation sites (tertiary alicyclic amines) is 1. The fourth-order valence-electron chi connectivity index (χ4n) is 4.08. The van der Waals surface area contributed by atoms with E-state index in [0.717, 1.165) is 48.3 Å². The van der Waals surface area contributed by atoms with Crippen molar-refractivity contribution in [2.24, 2.45) is 5.92 Å². The predicted octanol–water partition coefficient (Wildman–Crippen LogP) is 4.15. The minimum atomic E-state index is -0.189. The number of carbonyl (C=O) groups excluding carboxylic acids is 2. The summed E-state index contributed by atoms with van der Waals surface area (Å²) in [6, 6.07) is 15.4. The Morgan fingerprint density at radius 1 is 1.07 bits per heavy atom. The van der Waals surface area contributed by atoms with Gasteiger partial charge in [-0.05, 0) is 49.1 Å². The Hall–Kier alpha value is -2.82. The quantitative estimate of drug-likeness (QED) is 0.852. The Kier molecular flexibility index (Phi) is 5.07. The second kappa shape index (κ2) is 7.66. The van der Waals surface area contributed by atoms with Crippen LogP contribution in [0.3, 0.4) is 0 Å². The van der Waals surface area contributed by atoms with E-state index in [1.807, 2.05) is 58.3 Å². The van der Waals surface area contributed by atoms with Gasteiger partial charge in [-0.3, -0.25) is 9.59 Å². The van der Waals surface area contributed by atoms with Crippen molar-refractivity contribution in [1.29, 1.82) is 0 Å². The second-order valence-electron chi connectivity index (χ2n) is 8.06. The van der Waals surface area contributed by atoms with Crippen LogP contribution in [0.25, 0.3) is 0 Å². The molecule has 1 saturated heterocycles. The van der Waals surface area contributed by atoms with Crippen molar-refractivity contribution in [2.45, 2.75) is 32.9 Å². The Morgan fingerprint density at radius 2 is 1.75 bits per heavy atom. The van der Waals surface area contributed by atoms with Crippen LogP contribution in [0.4, 0.5) is 5.69 Å². The van der Waals surface area contributed by atoms with E-state index >= 15 is 0 Å². The molecule has 1 unspecified atom stereocenters. The predicted molar refractivity (Wildman–Crippen MR) is 110 cm³/mol. The van der Waals surface area contributed by atoms with Crippen LogP contribution in [0.15, 0.2) is 48.5 Å². The van der Waals surface area contributed by atoms with Gasteiger partial charge in [-0.25, -0.2) is 0 Å². The smallest absolute Gasteiger partial charge is 0.256 e. The topological polar surface area (TPSA) is 52.7 Å². The molecule has 1 fully saturated rings. The first kappa shape index (κ1) is 18.5. The molecule has 2 aliphatic rings. The van der Waals surface area contributed by atoms with Crippen LogP contribution in [0, 0.1) is 5.92 Å². The number of benzene rings is 2. The molecule has 2 heterocycles. The van der Waals surface area contributed by atoms with E-state index in [-0.39, 0.29) is 18.0 Å². The highest BCUT2D eigenvalue weighted by Gasteiger charge is 2.36. The minimum Gasteiger partial charge on any atom is -0.361 e. The average molecular weight is 377 g/mol. The highest BCUT2D eigenvalue weighted by atomic mass is 16.2. The molecule has 146 valence electrons. The normalized spacial score (nSPS) is 18.7. The van der Waals surface area contributed by atoms with E-state index < -0.39 is 0 Å². The molecular weight excluding hydrogens is 350 g/mol. The first-order valence-corrected chi connectivity index (χ1v) is 10.1. The number of hydrogen-bond acceptors (Lipinski definition) is 3. The molecule has 0 aromatic heterocycles. The maximum absolute atomic E-state index is 12.9. The van der Waals surface area contributed by atoms with E-state index in [1.54, 1.807) is 0 Å². The molecule has 2 aromatic carbocycles. The lowest BCUT2D eigenvalue weighted by Gasteiger charge is -2.28. The molecule has 2 aliphatic heterocycles. The van der Waals surface area contributed by atoms with E-state index in [4.69, 9.17) is 0 Å². The molecule has 4 rings (SSSR count). The Bertz CT molecular complexity index is 870. The highest BCUT2D eigenvalue weighted by molar-refractivity contribution is 5.99.